The van der Waals surface area contributed by atoms with E-state index in [0.29, 0.717) is 5.56 Å². The highest BCUT2D eigenvalue weighted by molar-refractivity contribution is 14.1. The summed E-state index contributed by atoms with van der Waals surface area (Å²) in [4.78, 5) is 11.0. The number of benzene rings is 1. The molecule has 0 heterocycles. The fraction of sp³-hybridized carbons (Fsp3) is 0.222. The molecule has 1 aromatic rings. The minimum atomic E-state index is -0.0188. The predicted molar refractivity (Wildman–Crippen MR) is 55.6 cm³/mol. The molecule has 0 bridgehead atoms. The van der Waals surface area contributed by atoms with Crippen LogP contribution in [-0.4, -0.2) is 10.9 Å². The Balaban J connectivity index is 3.33. The van der Waals surface area contributed by atoms with Crippen molar-refractivity contribution in [2.45, 2.75) is 13.8 Å². The quantitative estimate of drug-likeness (QED) is 0.632. The maximum absolute atomic E-state index is 11.0. The van der Waals surface area contributed by atoms with Crippen molar-refractivity contribution in [3.05, 3.63) is 26.8 Å². The topological polar surface area (TPSA) is 37.3 Å². The molecule has 1 N–H and O–H groups in total. The molecule has 0 aliphatic carbocycles. The van der Waals surface area contributed by atoms with Crippen LogP contribution in [0.15, 0.2) is 12.1 Å². The lowest BCUT2D eigenvalue weighted by molar-refractivity contribution is 0.101. The average Bonchev–Trinajstić information content (AvgIpc) is 1.96. The van der Waals surface area contributed by atoms with Crippen molar-refractivity contribution < 1.29 is 9.90 Å². The first-order valence-corrected chi connectivity index (χ1v) is 4.60. The number of aromatic hydroxyl groups is 1. The van der Waals surface area contributed by atoms with Crippen LogP contribution < -0.4 is 0 Å². The van der Waals surface area contributed by atoms with Crippen LogP contribution in [-0.2, 0) is 0 Å². The van der Waals surface area contributed by atoms with E-state index in [-0.39, 0.29) is 11.5 Å². The summed E-state index contributed by atoms with van der Waals surface area (Å²) in [6.45, 7) is 3.30. The highest BCUT2D eigenvalue weighted by atomic mass is 127. The zero-order valence-corrected chi connectivity index (χ0v) is 9.05. The molecular formula is C9H9IO2. The normalized spacial score (nSPS) is 9.92. The molecule has 0 aliphatic rings. The molecule has 0 aromatic heterocycles. The third-order valence-electron chi connectivity index (χ3n) is 1.66. The number of carbonyl (C=O) groups is 1. The molecule has 64 valence electrons. The van der Waals surface area contributed by atoms with E-state index in [9.17, 15) is 9.90 Å². The number of halogens is 1. The zero-order valence-electron chi connectivity index (χ0n) is 6.89. The Labute approximate surface area is 84.7 Å². The van der Waals surface area contributed by atoms with Gasteiger partial charge in [-0.15, -0.1) is 0 Å². The van der Waals surface area contributed by atoms with Crippen molar-refractivity contribution >= 4 is 28.4 Å². The number of hydrogen-bond acceptors (Lipinski definition) is 2. The van der Waals surface area contributed by atoms with Gasteiger partial charge in [0.1, 0.15) is 5.75 Å². The summed E-state index contributed by atoms with van der Waals surface area (Å²) in [5.74, 6) is 0.162. The molecular weight excluding hydrogens is 267 g/mol. The maximum Gasteiger partial charge on any atom is 0.161 e. The van der Waals surface area contributed by atoms with Crippen LogP contribution in [0.25, 0.3) is 0 Å². The summed E-state index contributed by atoms with van der Waals surface area (Å²) in [6, 6.07) is 3.31. The lowest BCUT2D eigenvalue weighted by Crippen LogP contribution is -1.96. The summed E-state index contributed by atoms with van der Waals surface area (Å²) in [6.07, 6.45) is 0. The fourth-order valence-electron chi connectivity index (χ4n) is 0.931. The molecule has 1 aromatic carbocycles. The number of carbonyl (C=O) groups excluding carboxylic acids is 1. The first kappa shape index (κ1) is 9.51. The Kier molecular flexibility index (Phi) is 2.72. The highest BCUT2D eigenvalue weighted by Crippen LogP contribution is 2.23. The first-order chi connectivity index (χ1) is 5.52. The van der Waals surface area contributed by atoms with Gasteiger partial charge in [-0.3, -0.25) is 4.79 Å². The molecule has 0 saturated carbocycles. The first-order valence-electron chi connectivity index (χ1n) is 3.52. The Morgan fingerprint density at radius 3 is 2.58 bits per heavy atom. The number of Topliss-reactive ketones (excluding diaryl/α,β-unsaturated/α-hetero) is 1. The monoisotopic (exact) mass is 276 g/mol. The molecule has 0 saturated heterocycles. The predicted octanol–water partition coefficient (Wildman–Crippen LogP) is 2.51. The molecule has 1 rings (SSSR count). The molecule has 0 amide bonds. The van der Waals surface area contributed by atoms with Crippen molar-refractivity contribution in [1.29, 1.82) is 0 Å². The molecule has 0 aliphatic heterocycles. The van der Waals surface area contributed by atoms with Gasteiger partial charge in [0.05, 0.1) is 0 Å². The molecule has 3 heteroatoms. The van der Waals surface area contributed by atoms with Crippen molar-refractivity contribution in [2.75, 3.05) is 0 Å². The molecule has 0 fully saturated rings. The fourth-order valence-corrected chi connectivity index (χ4v) is 1.93. The number of phenolic OH excluding ortho intramolecular Hbond substituents is 1. The van der Waals surface area contributed by atoms with E-state index in [1.54, 1.807) is 13.0 Å². The van der Waals surface area contributed by atoms with Gasteiger partial charge in [-0.1, -0.05) is 0 Å². The van der Waals surface area contributed by atoms with E-state index < -0.39 is 0 Å². The molecule has 0 radical (unpaired) electrons. The second-order valence-electron chi connectivity index (χ2n) is 2.67. The summed E-state index contributed by atoms with van der Waals surface area (Å²) in [7, 11) is 0. The van der Waals surface area contributed by atoms with Crippen LogP contribution in [0, 0.1) is 10.5 Å². The van der Waals surface area contributed by atoms with Gasteiger partial charge in [0.2, 0.25) is 0 Å². The number of phenols is 1. The van der Waals surface area contributed by atoms with Crippen LogP contribution >= 0.6 is 22.6 Å². The second kappa shape index (κ2) is 3.43. The number of ketones is 1. The van der Waals surface area contributed by atoms with E-state index in [4.69, 9.17) is 0 Å². The standard InChI is InChI=1S/C9H9IO2/c1-5-3-8(10)7(6(2)11)4-9(5)12/h3-4,12H,1-2H3. The zero-order chi connectivity index (χ0) is 9.30. The summed E-state index contributed by atoms with van der Waals surface area (Å²) in [5, 5.41) is 9.32. The van der Waals surface area contributed by atoms with Crippen LogP contribution in [0.4, 0.5) is 0 Å². The maximum atomic E-state index is 11.0. The second-order valence-corrected chi connectivity index (χ2v) is 3.84. The van der Waals surface area contributed by atoms with Gasteiger partial charge >= 0.3 is 0 Å². The van der Waals surface area contributed by atoms with Crippen molar-refractivity contribution in [1.82, 2.24) is 0 Å². The van der Waals surface area contributed by atoms with Crippen LogP contribution in [0.2, 0.25) is 0 Å². The van der Waals surface area contributed by atoms with E-state index in [1.165, 1.54) is 13.0 Å². The lowest BCUT2D eigenvalue weighted by atomic mass is 10.1. The Bertz CT molecular complexity index is 332. The van der Waals surface area contributed by atoms with Gasteiger partial charge in [-0.05, 0) is 54.1 Å². The molecule has 0 spiro atoms. The van der Waals surface area contributed by atoms with E-state index >= 15 is 0 Å². The summed E-state index contributed by atoms with van der Waals surface area (Å²) < 4.78 is 0.885. The van der Waals surface area contributed by atoms with Gasteiger partial charge in [-0.2, -0.15) is 0 Å². The summed E-state index contributed by atoms with van der Waals surface area (Å²) in [5.41, 5.74) is 1.38. The SMILES string of the molecule is CC(=O)c1cc(O)c(C)cc1I. The van der Waals surface area contributed by atoms with Gasteiger partial charge in [0.25, 0.3) is 0 Å². The lowest BCUT2D eigenvalue weighted by Gasteiger charge is -2.03. The molecule has 0 unspecified atom stereocenters. The summed E-state index contributed by atoms with van der Waals surface area (Å²) >= 11 is 2.09. The van der Waals surface area contributed by atoms with Crippen LogP contribution in [0.3, 0.4) is 0 Å². The van der Waals surface area contributed by atoms with Gasteiger partial charge in [0, 0.05) is 9.13 Å². The molecule has 12 heavy (non-hydrogen) atoms. The Hall–Kier alpha value is -0.580. The minimum Gasteiger partial charge on any atom is -0.508 e. The van der Waals surface area contributed by atoms with Gasteiger partial charge < -0.3 is 5.11 Å². The van der Waals surface area contributed by atoms with E-state index in [2.05, 4.69) is 22.6 Å². The van der Waals surface area contributed by atoms with Crippen molar-refractivity contribution in [3.8, 4) is 5.75 Å². The average molecular weight is 276 g/mol. The third-order valence-corrected chi connectivity index (χ3v) is 2.56. The number of hydrogen-bond donors (Lipinski definition) is 1. The third kappa shape index (κ3) is 1.77. The van der Waals surface area contributed by atoms with Crippen LogP contribution in [0.1, 0.15) is 22.8 Å². The number of aryl methyl sites for hydroxylation is 1. The Morgan fingerprint density at radius 1 is 1.50 bits per heavy atom. The molecule has 0 atom stereocenters. The smallest absolute Gasteiger partial charge is 0.161 e. The van der Waals surface area contributed by atoms with Crippen molar-refractivity contribution in [2.24, 2.45) is 0 Å². The van der Waals surface area contributed by atoms with Gasteiger partial charge in [-0.25, -0.2) is 0 Å². The number of rotatable bonds is 1. The minimum absolute atomic E-state index is 0.0188. The highest BCUT2D eigenvalue weighted by Gasteiger charge is 2.07. The van der Waals surface area contributed by atoms with E-state index in [0.717, 1.165) is 9.13 Å². The Morgan fingerprint density at radius 2 is 2.08 bits per heavy atom. The van der Waals surface area contributed by atoms with Gasteiger partial charge in [0.15, 0.2) is 5.78 Å². The van der Waals surface area contributed by atoms with Crippen LogP contribution in [0.5, 0.6) is 5.75 Å². The van der Waals surface area contributed by atoms with E-state index in [1.807, 2.05) is 0 Å². The van der Waals surface area contributed by atoms with Crippen molar-refractivity contribution in [3.63, 3.8) is 0 Å². The largest absolute Gasteiger partial charge is 0.508 e. The molecule has 2 nitrogen and oxygen atoms in total.